The molecule has 3 N–H and O–H groups in total. The van der Waals surface area contributed by atoms with Gasteiger partial charge in [-0.15, -0.1) is 0 Å². The van der Waals surface area contributed by atoms with Gasteiger partial charge < -0.3 is 15.7 Å². The second-order valence-electron chi connectivity index (χ2n) is 6.67. The molecule has 1 fully saturated rings. The zero-order chi connectivity index (χ0) is 18.8. The number of aromatic hydroxyl groups is 1. The van der Waals surface area contributed by atoms with E-state index in [0.29, 0.717) is 5.92 Å². The number of rotatable bonds is 5. The number of amides is 2. The summed E-state index contributed by atoms with van der Waals surface area (Å²) >= 11 is 5.97. The lowest BCUT2D eigenvalue weighted by molar-refractivity contribution is 0.244. The van der Waals surface area contributed by atoms with E-state index in [4.69, 9.17) is 11.6 Å². The quantitative estimate of drug-likeness (QED) is 0.666. The van der Waals surface area contributed by atoms with E-state index in [0.717, 1.165) is 25.7 Å². The predicted octanol–water partition coefficient (Wildman–Crippen LogP) is 3.93. The number of hydrogen-bond acceptors (Lipinski definition) is 4. The summed E-state index contributed by atoms with van der Waals surface area (Å²) in [6.07, 6.45) is 4.08. The van der Waals surface area contributed by atoms with Crippen LogP contribution in [0.4, 0.5) is 10.5 Å². The lowest BCUT2D eigenvalue weighted by atomic mass is 10.0. The van der Waals surface area contributed by atoms with E-state index < -0.39 is 26.9 Å². The first-order valence-electron chi connectivity index (χ1n) is 8.51. The maximum absolute atomic E-state index is 12.4. The first-order valence-corrected chi connectivity index (χ1v) is 10.4. The summed E-state index contributed by atoms with van der Waals surface area (Å²) in [7, 11) is -3.79. The molecule has 2 amide bonds. The molecule has 2 unspecified atom stereocenters. The number of phenols is 1. The standard InChI is InChI=1S/C17H25ClN2O4S/c1-4-11-6-5-7-13(11)19-17(22)20-14-9-8-12(18)16(15(14)21)25(23,24)10(2)3/h8-11,13,21H,4-7H2,1-3H3,(H2,19,20,22). The third kappa shape index (κ3) is 4.20. The van der Waals surface area contributed by atoms with Crippen LogP contribution in [0.3, 0.4) is 0 Å². The van der Waals surface area contributed by atoms with Crippen LogP contribution < -0.4 is 10.6 Å². The average Bonchev–Trinajstić information content (AvgIpc) is 2.97. The van der Waals surface area contributed by atoms with Crippen LogP contribution in [0.25, 0.3) is 0 Å². The first kappa shape index (κ1) is 19.8. The predicted molar refractivity (Wildman–Crippen MR) is 99.0 cm³/mol. The van der Waals surface area contributed by atoms with E-state index in [1.807, 2.05) is 0 Å². The molecule has 0 saturated heterocycles. The first-order chi connectivity index (χ1) is 11.7. The third-order valence-electron chi connectivity index (χ3n) is 4.74. The second kappa shape index (κ2) is 7.83. The fourth-order valence-electron chi connectivity index (χ4n) is 3.20. The number of sulfone groups is 1. The van der Waals surface area contributed by atoms with E-state index in [1.54, 1.807) is 0 Å². The minimum atomic E-state index is -3.79. The van der Waals surface area contributed by atoms with Crippen molar-refractivity contribution in [3.63, 3.8) is 0 Å². The van der Waals surface area contributed by atoms with Crippen LogP contribution in [0.15, 0.2) is 17.0 Å². The van der Waals surface area contributed by atoms with Crippen molar-refractivity contribution in [3.05, 3.63) is 17.2 Å². The van der Waals surface area contributed by atoms with Gasteiger partial charge in [0.05, 0.1) is 16.0 Å². The minimum Gasteiger partial charge on any atom is -0.504 e. The summed E-state index contributed by atoms with van der Waals surface area (Å²) in [6, 6.07) is 2.38. The Balaban J connectivity index is 2.22. The van der Waals surface area contributed by atoms with Gasteiger partial charge in [-0.3, -0.25) is 0 Å². The van der Waals surface area contributed by atoms with Gasteiger partial charge in [0.2, 0.25) is 0 Å². The molecule has 25 heavy (non-hydrogen) atoms. The summed E-state index contributed by atoms with van der Waals surface area (Å²) in [5.74, 6) is -0.0868. The molecule has 0 aromatic heterocycles. The Morgan fingerprint density at radius 2 is 2.04 bits per heavy atom. The third-order valence-corrected chi connectivity index (χ3v) is 7.39. The molecule has 0 spiro atoms. The van der Waals surface area contributed by atoms with Gasteiger partial charge in [0.15, 0.2) is 15.6 Å². The second-order valence-corrected chi connectivity index (χ2v) is 9.52. The van der Waals surface area contributed by atoms with Crippen molar-refractivity contribution in [1.82, 2.24) is 5.32 Å². The molecular formula is C17H25ClN2O4S. The van der Waals surface area contributed by atoms with E-state index >= 15 is 0 Å². The van der Waals surface area contributed by atoms with Crippen LogP contribution in [-0.4, -0.2) is 30.8 Å². The number of carbonyl (C=O) groups excluding carboxylic acids is 1. The van der Waals surface area contributed by atoms with Crippen molar-refractivity contribution in [1.29, 1.82) is 0 Å². The number of anilines is 1. The number of halogens is 1. The molecule has 1 aliphatic carbocycles. The number of nitrogens with one attached hydrogen (secondary N) is 2. The molecule has 1 aliphatic rings. The summed E-state index contributed by atoms with van der Waals surface area (Å²) in [5, 5.41) is 15.0. The van der Waals surface area contributed by atoms with Gasteiger partial charge in [-0.2, -0.15) is 0 Å². The van der Waals surface area contributed by atoms with E-state index in [-0.39, 0.29) is 21.6 Å². The Morgan fingerprint density at radius 3 is 2.64 bits per heavy atom. The molecule has 2 atom stereocenters. The molecule has 1 saturated carbocycles. The van der Waals surface area contributed by atoms with Crippen molar-refractivity contribution in [2.45, 2.75) is 62.6 Å². The Kier molecular flexibility index (Phi) is 6.21. The highest BCUT2D eigenvalue weighted by molar-refractivity contribution is 7.92. The fraction of sp³-hybridized carbons (Fsp3) is 0.588. The molecule has 140 valence electrons. The van der Waals surface area contributed by atoms with Crippen LogP contribution in [0.5, 0.6) is 5.75 Å². The largest absolute Gasteiger partial charge is 0.504 e. The summed E-state index contributed by atoms with van der Waals surface area (Å²) in [5.41, 5.74) is 0.0205. The maximum Gasteiger partial charge on any atom is 0.319 e. The van der Waals surface area contributed by atoms with Gasteiger partial charge in [0, 0.05) is 6.04 Å². The molecule has 1 aromatic rings. The fourth-order valence-corrected chi connectivity index (χ4v) is 4.86. The van der Waals surface area contributed by atoms with Crippen LogP contribution in [-0.2, 0) is 9.84 Å². The van der Waals surface area contributed by atoms with Gasteiger partial charge in [0.1, 0.15) is 4.90 Å². The lowest BCUT2D eigenvalue weighted by Gasteiger charge is -2.20. The smallest absolute Gasteiger partial charge is 0.319 e. The molecule has 0 radical (unpaired) electrons. The monoisotopic (exact) mass is 388 g/mol. The zero-order valence-electron chi connectivity index (χ0n) is 14.7. The van der Waals surface area contributed by atoms with Gasteiger partial charge in [-0.05, 0) is 44.7 Å². The van der Waals surface area contributed by atoms with Crippen molar-refractivity contribution >= 4 is 33.2 Å². The SMILES string of the molecule is CCC1CCCC1NC(=O)Nc1ccc(Cl)c(S(=O)(=O)C(C)C)c1O. The highest BCUT2D eigenvalue weighted by atomic mass is 35.5. The van der Waals surface area contributed by atoms with E-state index in [2.05, 4.69) is 17.6 Å². The summed E-state index contributed by atoms with van der Waals surface area (Å²) < 4.78 is 24.8. The molecule has 2 rings (SSSR count). The molecular weight excluding hydrogens is 364 g/mol. The normalized spacial score (nSPS) is 20.7. The van der Waals surface area contributed by atoms with Gasteiger partial charge >= 0.3 is 6.03 Å². The molecule has 1 aromatic carbocycles. The topological polar surface area (TPSA) is 95.5 Å². The molecule has 0 aliphatic heterocycles. The number of urea groups is 1. The summed E-state index contributed by atoms with van der Waals surface area (Å²) in [4.78, 5) is 11.9. The Morgan fingerprint density at radius 1 is 1.36 bits per heavy atom. The van der Waals surface area contributed by atoms with E-state index in [9.17, 15) is 18.3 Å². The van der Waals surface area contributed by atoms with Crippen LogP contribution in [0.1, 0.15) is 46.5 Å². The Hall–Kier alpha value is -1.47. The average molecular weight is 389 g/mol. The van der Waals surface area contributed by atoms with Crippen LogP contribution in [0, 0.1) is 5.92 Å². The molecule has 6 nitrogen and oxygen atoms in total. The number of carbonyl (C=O) groups is 1. The Bertz CT molecular complexity index is 749. The van der Waals surface area contributed by atoms with Gasteiger partial charge in [-0.1, -0.05) is 31.4 Å². The lowest BCUT2D eigenvalue weighted by Crippen LogP contribution is -2.39. The van der Waals surface area contributed by atoms with Crippen LogP contribution >= 0.6 is 11.6 Å². The Labute approximate surface area is 153 Å². The van der Waals surface area contributed by atoms with E-state index in [1.165, 1.54) is 26.0 Å². The number of benzene rings is 1. The molecule has 8 heteroatoms. The summed E-state index contributed by atoms with van der Waals surface area (Å²) in [6.45, 7) is 5.10. The number of hydrogen-bond donors (Lipinski definition) is 3. The van der Waals surface area contributed by atoms with Crippen molar-refractivity contribution in [2.24, 2.45) is 5.92 Å². The highest BCUT2D eigenvalue weighted by Crippen LogP contribution is 2.38. The van der Waals surface area contributed by atoms with Crippen LogP contribution in [0.2, 0.25) is 5.02 Å². The molecule has 0 heterocycles. The minimum absolute atomic E-state index is 0.0205. The van der Waals surface area contributed by atoms with Gasteiger partial charge in [-0.25, -0.2) is 13.2 Å². The van der Waals surface area contributed by atoms with Crippen molar-refractivity contribution < 1.29 is 18.3 Å². The number of phenolic OH excluding ortho intramolecular Hbond substituents is 1. The van der Waals surface area contributed by atoms with Crippen molar-refractivity contribution in [2.75, 3.05) is 5.32 Å². The van der Waals surface area contributed by atoms with Gasteiger partial charge in [0.25, 0.3) is 0 Å². The molecule has 0 bridgehead atoms. The maximum atomic E-state index is 12.4. The zero-order valence-corrected chi connectivity index (χ0v) is 16.2. The highest BCUT2D eigenvalue weighted by Gasteiger charge is 2.30. The van der Waals surface area contributed by atoms with Crippen molar-refractivity contribution in [3.8, 4) is 5.75 Å².